The standard InChI is InChI=1S/C10H12N2O3S/c11-8(16)4-5-12-10(15)6-2-1-3-7(13)9(6)14/h1-3,13-14H,4-5H2,(H2,11,16)(H,12,15). The van der Waals surface area contributed by atoms with Gasteiger partial charge in [-0.15, -0.1) is 0 Å². The number of para-hydroxylation sites is 1. The Labute approximate surface area is 97.9 Å². The van der Waals surface area contributed by atoms with Gasteiger partial charge in [0.25, 0.3) is 5.91 Å². The summed E-state index contributed by atoms with van der Waals surface area (Å²) in [7, 11) is 0. The van der Waals surface area contributed by atoms with Gasteiger partial charge in [0.15, 0.2) is 11.5 Å². The first-order valence-corrected chi connectivity index (χ1v) is 5.00. The quantitative estimate of drug-likeness (QED) is 0.454. The molecule has 5 N–H and O–H groups in total. The van der Waals surface area contributed by atoms with Crippen LogP contribution in [0, 0.1) is 0 Å². The molecular formula is C10H12N2O3S. The molecule has 0 fully saturated rings. The van der Waals surface area contributed by atoms with Crippen molar-refractivity contribution < 1.29 is 15.0 Å². The minimum atomic E-state index is -0.482. The van der Waals surface area contributed by atoms with Crippen molar-refractivity contribution in [1.82, 2.24) is 5.32 Å². The molecule has 0 saturated carbocycles. The fourth-order valence-corrected chi connectivity index (χ4v) is 1.21. The summed E-state index contributed by atoms with van der Waals surface area (Å²) in [4.78, 5) is 11.8. The van der Waals surface area contributed by atoms with Crippen molar-refractivity contribution in [3.63, 3.8) is 0 Å². The molecule has 0 aliphatic carbocycles. The highest BCUT2D eigenvalue weighted by Crippen LogP contribution is 2.27. The number of rotatable bonds is 4. The number of aromatic hydroxyl groups is 2. The summed E-state index contributed by atoms with van der Waals surface area (Å²) >= 11 is 4.65. The van der Waals surface area contributed by atoms with Crippen molar-refractivity contribution in [2.45, 2.75) is 6.42 Å². The Kier molecular flexibility index (Phi) is 4.07. The highest BCUT2D eigenvalue weighted by atomic mass is 32.1. The second kappa shape index (κ2) is 5.32. The summed E-state index contributed by atoms with van der Waals surface area (Å²) < 4.78 is 0. The molecule has 0 aliphatic rings. The van der Waals surface area contributed by atoms with E-state index in [9.17, 15) is 15.0 Å². The number of phenols is 2. The number of nitrogens with two attached hydrogens (primary N) is 1. The molecule has 0 heterocycles. The van der Waals surface area contributed by atoms with E-state index in [1.165, 1.54) is 18.2 Å². The number of amides is 1. The smallest absolute Gasteiger partial charge is 0.255 e. The highest BCUT2D eigenvalue weighted by Gasteiger charge is 2.12. The highest BCUT2D eigenvalue weighted by molar-refractivity contribution is 7.80. The molecule has 0 aliphatic heterocycles. The van der Waals surface area contributed by atoms with Crippen molar-refractivity contribution in [2.75, 3.05) is 6.54 Å². The van der Waals surface area contributed by atoms with Crippen LogP contribution in [0.2, 0.25) is 0 Å². The Bertz CT molecular complexity index is 421. The number of hydrogen-bond donors (Lipinski definition) is 4. The van der Waals surface area contributed by atoms with E-state index in [-0.39, 0.29) is 11.3 Å². The molecule has 0 aromatic heterocycles. The second-order valence-corrected chi connectivity index (χ2v) is 3.67. The van der Waals surface area contributed by atoms with Crippen LogP contribution in [-0.2, 0) is 0 Å². The van der Waals surface area contributed by atoms with Gasteiger partial charge in [-0.1, -0.05) is 18.3 Å². The van der Waals surface area contributed by atoms with Crippen molar-refractivity contribution in [3.05, 3.63) is 23.8 Å². The summed E-state index contributed by atoms with van der Waals surface area (Å²) in [6.07, 6.45) is 0.390. The minimum Gasteiger partial charge on any atom is -0.504 e. The summed E-state index contributed by atoms with van der Waals surface area (Å²) in [5.41, 5.74) is 5.28. The maximum Gasteiger partial charge on any atom is 0.255 e. The van der Waals surface area contributed by atoms with Crippen molar-refractivity contribution >= 4 is 23.1 Å². The third-order valence-corrected chi connectivity index (χ3v) is 2.12. The molecule has 6 heteroatoms. The minimum absolute atomic E-state index is 0.0166. The lowest BCUT2D eigenvalue weighted by Crippen LogP contribution is -2.27. The van der Waals surface area contributed by atoms with Crippen LogP contribution < -0.4 is 11.1 Å². The van der Waals surface area contributed by atoms with Crippen molar-refractivity contribution in [2.24, 2.45) is 5.73 Å². The number of carbonyl (C=O) groups excluding carboxylic acids is 1. The zero-order valence-electron chi connectivity index (χ0n) is 8.43. The Hall–Kier alpha value is -1.82. The molecule has 0 radical (unpaired) electrons. The zero-order valence-corrected chi connectivity index (χ0v) is 9.25. The lowest BCUT2D eigenvalue weighted by molar-refractivity contribution is 0.0951. The molecule has 0 spiro atoms. The lowest BCUT2D eigenvalue weighted by atomic mass is 10.1. The number of phenolic OH excluding ortho intramolecular Hbond substituents is 2. The molecule has 1 rings (SSSR count). The fourth-order valence-electron chi connectivity index (χ4n) is 1.11. The number of benzene rings is 1. The van der Waals surface area contributed by atoms with Crippen LogP contribution >= 0.6 is 12.2 Å². The van der Waals surface area contributed by atoms with E-state index in [0.29, 0.717) is 18.0 Å². The maximum atomic E-state index is 11.5. The Morgan fingerprint density at radius 2 is 2.12 bits per heavy atom. The number of thiocarbonyl (C=S) groups is 1. The predicted molar refractivity (Wildman–Crippen MR) is 63.5 cm³/mol. The van der Waals surface area contributed by atoms with Crippen molar-refractivity contribution in [3.8, 4) is 11.5 Å². The van der Waals surface area contributed by atoms with Gasteiger partial charge in [-0.25, -0.2) is 0 Å². The van der Waals surface area contributed by atoms with Gasteiger partial charge in [-0.2, -0.15) is 0 Å². The van der Waals surface area contributed by atoms with E-state index >= 15 is 0 Å². The third kappa shape index (κ3) is 3.09. The van der Waals surface area contributed by atoms with Gasteiger partial charge in [0.05, 0.1) is 10.6 Å². The van der Waals surface area contributed by atoms with E-state index in [2.05, 4.69) is 17.5 Å². The first kappa shape index (κ1) is 12.3. The predicted octanol–water partition coefficient (Wildman–Crippen LogP) is 0.504. The van der Waals surface area contributed by atoms with Crippen LogP contribution in [0.4, 0.5) is 0 Å². The largest absolute Gasteiger partial charge is 0.504 e. The number of nitrogens with one attached hydrogen (secondary N) is 1. The Morgan fingerprint density at radius 3 is 2.75 bits per heavy atom. The molecule has 0 atom stereocenters. The Balaban J connectivity index is 2.66. The summed E-state index contributed by atoms with van der Waals surface area (Å²) in [5.74, 6) is -1.25. The molecule has 16 heavy (non-hydrogen) atoms. The van der Waals surface area contributed by atoms with Gasteiger partial charge in [-0.05, 0) is 12.1 Å². The average Bonchev–Trinajstić information content (AvgIpc) is 2.21. The number of hydrogen-bond acceptors (Lipinski definition) is 4. The van der Waals surface area contributed by atoms with Crippen LogP contribution in [0.25, 0.3) is 0 Å². The Morgan fingerprint density at radius 1 is 1.44 bits per heavy atom. The molecule has 0 unspecified atom stereocenters. The fraction of sp³-hybridized carbons (Fsp3) is 0.200. The van der Waals surface area contributed by atoms with E-state index in [0.717, 1.165) is 0 Å². The SMILES string of the molecule is NC(=S)CCNC(=O)c1cccc(O)c1O. The average molecular weight is 240 g/mol. The van der Waals surface area contributed by atoms with E-state index < -0.39 is 11.7 Å². The van der Waals surface area contributed by atoms with E-state index in [1.807, 2.05) is 0 Å². The molecule has 1 aromatic carbocycles. The van der Waals surface area contributed by atoms with Crippen LogP contribution in [0.3, 0.4) is 0 Å². The maximum absolute atomic E-state index is 11.5. The van der Waals surface area contributed by atoms with E-state index in [4.69, 9.17) is 5.73 Å². The van der Waals surface area contributed by atoms with Crippen molar-refractivity contribution in [1.29, 1.82) is 0 Å². The van der Waals surface area contributed by atoms with Gasteiger partial charge in [0, 0.05) is 13.0 Å². The van der Waals surface area contributed by atoms with Crippen LogP contribution in [0.15, 0.2) is 18.2 Å². The molecule has 1 amide bonds. The second-order valence-electron chi connectivity index (χ2n) is 3.15. The monoisotopic (exact) mass is 240 g/mol. The van der Waals surface area contributed by atoms with Gasteiger partial charge in [0.2, 0.25) is 0 Å². The van der Waals surface area contributed by atoms with E-state index in [1.54, 1.807) is 0 Å². The lowest BCUT2D eigenvalue weighted by Gasteiger charge is -2.06. The van der Waals surface area contributed by atoms with Gasteiger partial charge >= 0.3 is 0 Å². The first-order valence-electron chi connectivity index (χ1n) is 4.60. The molecule has 1 aromatic rings. The molecule has 0 bridgehead atoms. The van der Waals surface area contributed by atoms with Crippen LogP contribution in [-0.4, -0.2) is 27.7 Å². The van der Waals surface area contributed by atoms with Gasteiger partial charge in [-0.3, -0.25) is 4.79 Å². The molecule has 5 nitrogen and oxygen atoms in total. The summed E-state index contributed by atoms with van der Waals surface area (Å²) in [5, 5.41) is 21.1. The topological polar surface area (TPSA) is 95.6 Å². The normalized spacial score (nSPS) is 9.75. The van der Waals surface area contributed by atoms with Gasteiger partial charge in [0.1, 0.15) is 0 Å². The first-order chi connectivity index (χ1) is 7.52. The van der Waals surface area contributed by atoms with Gasteiger partial charge < -0.3 is 21.3 Å². The molecular weight excluding hydrogens is 228 g/mol. The molecule has 86 valence electrons. The van der Waals surface area contributed by atoms with Crippen LogP contribution in [0.1, 0.15) is 16.8 Å². The molecule has 0 saturated heterocycles. The van der Waals surface area contributed by atoms with Crippen LogP contribution in [0.5, 0.6) is 11.5 Å². The summed E-state index contributed by atoms with van der Waals surface area (Å²) in [6, 6.07) is 4.17. The third-order valence-electron chi connectivity index (χ3n) is 1.92. The summed E-state index contributed by atoms with van der Waals surface area (Å²) in [6.45, 7) is 0.295. The zero-order chi connectivity index (χ0) is 12.1. The number of carbonyl (C=O) groups is 1.